The number of anilines is 1. The second kappa shape index (κ2) is 10.1. The van der Waals surface area contributed by atoms with Crippen molar-refractivity contribution >= 4 is 39.3 Å². The summed E-state index contributed by atoms with van der Waals surface area (Å²) in [7, 11) is 0. The zero-order valence-electron chi connectivity index (χ0n) is 17.7. The molecule has 0 bridgehead atoms. The average Bonchev–Trinajstić information content (AvgIpc) is 3.24. The molecule has 0 aliphatic carbocycles. The molecule has 1 amide bonds. The second-order valence-corrected chi connectivity index (χ2v) is 9.01. The van der Waals surface area contributed by atoms with Crippen LogP contribution in [0.15, 0.2) is 76.6 Å². The van der Waals surface area contributed by atoms with Gasteiger partial charge in [0, 0.05) is 28.1 Å². The fourth-order valence-electron chi connectivity index (χ4n) is 3.20. The molecular weight excluding hydrogens is 486 g/mol. The Hall–Kier alpha value is -2.97. The van der Waals surface area contributed by atoms with E-state index in [4.69, 9.17) is 0 Å². The van der Waals surface area contributed by atoms with Crippen LogP contribution in [0.25, 0.3) is 17.1 Å². The van der Waals surface area contributed by atoms with E-state index < -0.39 is 0 Å². The molecule has 0 fully saturated rings. The van der Waals surface area contributed by atoms with Crippen LogP contribution in [-0.4, -0.2) is 31.4 Å². The summed E-state index contributed by atoms with van der Waals surface area (Å²) in [6.45, 7) is 4.13. The number of rotatable bonds is 7. The van der Waals surface area contributed by atoms with Gasteiger partial charge in [0.1, 0.15) is 0 Å². The lowest BCUT2D eigenvalue weighted by atomic mass is 10.1. The quantitative estimate of drug-likeness (QED) is 0.325. The molecule has 0 radical (unpaired) electrons. The summed E-state index contributed by atoms with van der Waals surface area (Å²) < 4.78 is 2.84. The summed E-state index contributed by atoms with van der Waals surface area (Å²) >= 11 is 4.85. The van der Waals surface area contributed by atoms with Crippen LogP contribution < -0.4 is 5.32 Å². The topological polar surface area (TPSA) is 72.7 Å². The minimum absolute atomic E-state index is 0.110. The molecule has 2 aromatic carbocycles. The van der Waals surface area contributed by atoms with Crippen LogP contribution in [0.3, 0.4) is 0 Å². The standard InChI is InChI=1S/C24H22BrN5OS/c1-3-17-5-7-19(8-6-17)30-23(18-10-12-26-13-11-18)28-29-24(30)32-15-22(31)27-21-9-4-16(2)14-20(21)25/h4-14H,3,15H2,1-2H3,(H,27,31). The monoisotopic (exact) mass is 507 g/mol. The van der Waals surface area contributed by atoms with E-state index in [0.29, 0.717) is 11.0 Å². The SMILES string of the molecule is CCc1ccc(-n2c(SCC(=O)Nc3ccc(C)cc3Br)nnc2-c2ccncc2)cc1. The van der Waals surface area contributed by atoms with Crippen molar-refractivity contribution in [3.63, 3.8) is 0 Å². The first-order valence-electron chi connectivity index (χ1n) is 10.2. The van der Waals surface area contributed by atoms with Gasteiger partial charge in [0.25, 0.3) is 0 Å². The molecular formula is C24H22BrN5OS. The number of halogens is 1. The normalized spacial score (nSPS) is 10.8. The molecule has 2 heterocycles. The first-order valence-corrected chi connectivity index (χ1v) is 12.0. The molecule has 0 saturated carbocycles. The van der Waals surface area contributed by atoms with Gasteiger partial charge in [-0.15, -0.1) is 10.2 Å². The number of hydrogen-bond donors (Lipinski definition) is 1. The molecule has 162 valence electrons. The lowest BCUT2D eigenvalue weighted by molar-refractivity contribution is -0.113. The van der Waals surface area contributed by atoms with E-state index >= 15 is 0 Å². The van der Waals surface area contributed by atoms with Crippen LogP contribution in [0.2, 0.25) is 0 Å². The van der Waals surface area contributed by atoms with Gasteiger partial charge in [0.2, 0.25) is 5.91 Å². The van der Waals surface area contributed by atoms with Gasteiger partial charge >= 0.3 is 0 Å². The summed E-state index contributed by atoms with van der Waals surface area (Å²) in [6, 6.07) is 17.9. The second-order valence-electron chi connectivity index (χ2n) is 7.22. The van der Waals surface area contributed by atoms with Gasteiger partial charge in [-0.1, -0.05) is 36.9 Å². The Labute approximate surface area is 199 Å². The van der Waals surface area contributed by atoms with Gasteiger partial charge in [0.15, 0.2) is 11.0 Å². The van der Waals surface area contributed by atoms with E-state index in [1.165, 1.54) is 17.3 Å². The number of amides is 1. The van der Waals surface area contributed by atoms with E-state index in [1.54, 1.807) is 12.4 Å². The molecule has 0 atom stereocenters. The number of benzene rings is 2. The Morgan fingerprint density at radius 3 is 2.50 bits per heavy atom. The smallest absolute Gasteiger partial charge is 0.234 e. The minimum atomic E-state index is -0.110. The maximum Gasteiger partial charge on any atom is 0.234 e. The lowest BCUT2D eigenvalue weighted by Crippen LogP contribution is -2.15. The highest BCUT2D eigenvalue weighted by Gasteiger charge is 2.17. The van der Waals surface area contributed by atoms with Crippen molar-refractivity contribution in [3.8, 4) is 17.1 Å². The van der Waals surface area contributed by atoms with Crippen molar-refractivity contribution in [3.05, 3.63) is 82.6 Å². The van der Waals surface area contributed by atoms with Crippen LogP contribution in [0.5, 0.6) is 0 Å². The molecule has 0 spiro atoms. The van der Waals surface area contributed by atoms with Gasteiger partial charge in [-0.3, -0.25) is 14.3 Å². The molecule has 1 N–H and O–H groups in total. The molecule has 8 heteroatoms. The number of carbonyl (C=O) groups is 1. The van der Waals surface area contributed by atoms with E-state index in [1.807, 2.05) is 41.8 Å². The predicted molar refractivity (Wildman–Crippen MR) is 132 cm³/mol. The third-order valence-electron chi connectivity index (χ3n) is 4.91. The zero-order valence-corrected chi connectivity index (χ0v) is 20.2. The first kappa shape index (κ1) is 22.2. The molecule has 0 aliphatic heterocycles. The Kier molecular flexibility index (Phi) is 7.02. The van der Waals surface area contributed by atoms with Gasteiger partial charge in [0.05, 0.1) is 11.4 Å². The van der Waals surface area contributed by atoms with Crippen molar-refractivity contribution in [2.45, 2.75) is 25.4 Å². The Morgan fingerprint density at radius 2 is 1.81 bits per heavy atom. The van der Waals surface area contributed by atoms with Crippen LogP contribution in [0, 0.1) is 6.92 Å². The maximum absolute atomic E-state index is 12.6. The predicted octanol–water partition coefficient (Wildman–Crippen LogP) is 5.69. The number of aromatic nitrogens is 4. The van der Waals surface area contributed by atoms with Crippen LogP contribution in [0.1, 0.15) is 18.1 Å². The molecule has 6 nitrogen and oxygen atoms in total. The van der Waals surface area contributed by atoms with Crippen molar-refractivity contribution in [2.24, 2.45) is 0 Å². The number of carbonyl (C=O) groups excluding carboxylic acids is 1. The summed E-state index contributed by atoms with van der Waals surface area (Å²) in [5.41, 5.74) is 4.98. The number of pyridine rings is 1. The fourth-order valence-corrected chi connectivity index (χ4v) is 4.55. The largest absolute Gasteiger partial charge is 0.324 e. The van der Waals surface area contributed by atoms with E-state index in [-0.39, 0.29) is 11.7 Å². The van der Waals surface area contributed by atoms with Crippen molar-refractivity contribution in [1.82, 2.24) is 19.7 Å². The Bertz CT molecular complexity index is 1230. The van der Waals surface area contributed by atoms with Crippen LogP contribution >= 0.6 is 27.7 Å². The molecule has 4 aromatic rings. The molecule has 32 heavy (non-hydrogen) atoms. The highest BCUT2D eigenvalue weighted by molar-refractivity contribution is 9.10. The van der Waals surface area contributed by atoms with E-state index in [0.717, 1.165) is 33.4 Å². The third kappa shape index (κ3) is 5.08. The highest BCUT2D eigenvalue weighted by Crippen LogP contribution is 2.29. The molecule has 0 unspecified atom stereocenters. The highest BCUT2D eigenvalue weighted by atomic mass is 79.9. The first-order chi connectivity index (χ1) is 15.5. The Balaban J connectivity index is 1.59. The van der Waals surface area contributed by atoms with Gasteiger partial charge in [-0.05, 0) is 76.8 Å². The van der Waals surface area contributed by atoms with Gasteiger partial charge in [-0.25, -0.2) is 0 Å². The number of thioether (sulfide) groups is 1. The van der Waals surface area contributed by atoms with E-state index in [2.05, 4.69) is 67.6 Å². The third-order valence-corrected chi connectivity index (χ3v) is 6.49. The number of nitrogens with zero attached hydrogens (tertiary/aromatic N) is 4. The van der Waals surface area contributed by atoms with Gasteiger partial charge < -0.3 is 5.32 Å². The molecule has 4 rings (SSSR count). The number of hydrogen-bond acceptors (Lipinski definition) is 5. The summed E-state index contributed by atoms with van der Waals surface area (Å²) in [5.74, 6) is 0.809. The molecule has 0 aliphatic rings. The number of nitrogens with one attached hydrogen (secondary N) is 1. The van der Waals surface area contributed by atoms with Gasteiger partial charge in [-0.2, -0.15) is 0 Å². The summed E-state index contributed by atoms with van der Waals surface area (Å²) in [4.78, 5) is 16.7. The summed E-state index contributed by atoms with van der Waals surface area (Å²) in [6.07, 6.45) is 4.43. The summed E-state index contributed by atoms with van der Waals surface area (Å²) in [5, 5.41) is 12.4. The fraction of sp³-hybridized carbons (Fsp3) is 0.167. The molecule has 0 saturated heterocycles. The number of aryl methyl sites for hydroxylation is 2. The Morgan fingerprint density at radius 1 is 1.06 bits per heavy atom. The van der Waals surface area contributed by atoms with Crippen molar-refractivity contribution in [2.75, 3.05) is 11.1 Å². The minimum Gasteiger partial charge on any atom is -0.324 e. The van der Waals surface area contributed by atoms with Crippen LogP contribution in [0.4, 0.5) is 5.69 Å². The van der Waals surface area contributed by atoms with E-state index in [9.17, 15) is 4.79 Å². The van der Waals surface area contributed by atoms with Crippen molar-refractivity contribution in [1.29, 1.82) is 0 Å². The lowest BCUT2D eigenvalue weighted by Gasteiger charge is -2.11. The zero-order chi connectivity index (χ0) is 22.5. The van der Waals surface area contributed by atoms with Crippen molar-refractivity contribution < 1.29 is 4.79 Å². The maximum atomic E-state index is 12.6. The van der Waals surface area contributed by atoms with Crippen LogP contribution in [-0.2, 0) is 11.2 Å². The average molecular weight is 508 g/mol. The molecule has 2 aromatic heterocycles.